The minimum atomic E-state index is 1.14. The molecule has 0 radical (unpaired) electrons. The van der Waals surface area contributed by atoms with Crippen molar-refractivity contribution >= 4 is 0 Å². The molecule has 0 aromatic heterocycles. The van der Waals surface area contributed by atoms with E-state index in [-0.39, 0.29) is 0 Å². The van der Waals surface area contributed by atoms with Crippen LogP contribution in [0, 0.1) is 0 Å². The average molecular weight is 110 g/mol. The zero-order chi connectivity index (χ0) is 6.41. The lowest BCUT2D eigenvalue weighted by Gasteiger charge is -1.85. The number of allylic oxidation sites excluding steroid dienone is 4. The number of rotatable bonds is 2. The third-order valence-electron chi connectivity index (χ3n) is 0.956. The van der Waals surface area contributed by atoms with E-state index in [1.807, 2.05) is 6.92 Å². The molecule has 0 bridgehead atoms. The summed E-state index contributed by atoms with van der Waals surface area (Å²) in [7, 11) is 0. The van der Waals surface area contributed by atoms with Crippen LogP contribution in [0.1, 0.15) is 27.2 Å². The van der Waals surface area contributed by atoms with Gasteiger partial charge in [0.05, 0.1) is 0 Å². The molecule has 0 heterocycles. The van der Waals surface area contributed by atoms with Gasteiger partial charge in [0.25, 0.3) is 0 Å². The molecule has 46 valence electrons. The molecule has 0 nitrogen and oxygen atoms in total. The molecule has 0 rings (SSSR count). The van der Waals surface area contributed by atoms with Crippen LogP contribution < -0.4 is 0 Å². The molecule has 0 spiro atoms. The van der Waals surface area contributed by atoms with Gasteiger partial charge in [-0.2, -0.15) is 0 Å². The molecule has 0 fully saturated rings. The van der Waals surface area contributed by atoms with Crippen LogP contribution in [0.4, 0.5) is 0 Å². The zero-order valence-electron chi connectivity index (χ0n) is 5.94. The predicted molar refractivity (Wildman–Crippen MR) is 38.9 cm³/mol. The third-order valence-corrected chi connectivity index (χ3v) is 0.956. The summed E-state index contributed by atoms with van der Waals surface area (Å²) in [6.07, 6.45) is 7.52. The van der Waals surface area contributed by atoms with E-state index >= 15 is 0 Å². The second-order valence-corrected chi connectivity index (χ2v) is 1.86. The van der Waals surface area contributed by atoms with Crippen molar-refractivity contribution in [3.05, 3.63) is 23.8 Å². The van der Waals surface area contributed by atoms with Crippen LogP contribution in [-0.4, -0.2) is 0 Å². The molecule has 0 atom stereocenters. The second-order valence-electron chi connectivity index (χ2n) is 1.86. The Kier molecular flexibility index (Phi) is 4.33. The van der Waals surface area contributed by atoms with Gasteiger partial charge in [0.2, 0.25) is 0 Å². The van der Waals surface area contributed by atoms with Gasteiger partial charge in [-0.1, -0.05) is 30.7 Å². The Morgan fingerprint density at radius 3 is 2.50 bits per heavy atom. The van der Waals surface area contributed by atoms with E-state index < -0.39 is 0 Å². The molecule has 0 saturated heterocycles. The van der Waals surface area contributed by atoms with Gasteiger partial charge < -0.3 is 0 Å². The summed E-state index contributed by atoms with van der Waals surface area (Å²) >= 11 is 0. The highest BCUT2D eigenvalue weighted by Gasteiger charge is 1.74. The van der Waals surface area contributed by atoms with Gasteiger partial charge in [0.15, 0.2) is 0 Å². The van der Waals surface area contributed by atoms with Gasteiger partial charge in [-0.15, -0.1) is 0 Å². The van der Waals surface area contributed by atoms with Crippen molar-refractivity contribution in [3.63, 3.8) is 0 Å². The highest BCUT2D eigenvalue weighted by Crippen LogP contribution is 1.95. The highest BCUT2D eigenvalue weighted by atomic mass is 13.8. The second kappa shape index (κ2) is 4.63. The maximum atomic E-state index is 2.21. The van der Waals surface area contributed by atoms with Crippen molar-refractivity contribution in [2.45, 2.75) is 27.2 Å². The normalized spacial score (nSPS) is 13.1. The fraction of sp³-hybridized carbons (Fsp3) is 0.500. The van der Waals surface area contributed by atoms with Crippen molar-refractivity contribution in [2.24, 2.45) is 0 Å². The van der Waals surface area contributed by atoms with Gasteiger partial charge in [-0.05, 0) is 20.3 Å². The summed E-state index contributed by atoms with van der Waals surface area (Å²) in [6.45, 7) is 6.30. The van der Waals surface area contributed by atoms with Crippen LogP contribution in [0.5, 0.6) is 0 Å². The molecule has 0 aliphatic heterocycles. The molecule has 0 heteroatoms. The summed E-state index contributed by atoms with van der Waals surface area (Å²) in [5.41, 5.74) is 1.36. The molecule has 8 heavy (non-hydrogen) atoms. The third kappa shape index (κ3) is 3.66. The molecular weight excluding hydrogens is 96.1 g/mol. The topological polar surface area (TPSA) is 0 Å². The van der Waals surface area contributed by atoms with E-state index in [2.05, 4.69) is 32.1 Å². The summed E-state index contributed by atoms with van der Waals surface area (Å²) in [5.74, 6) is 0. The van der Waals surface area contributed by atoms with Crippen LogP contribution in [0.2, 0.25) is 0 Å². The van der Waals surface area contributed by atoms with E-state index in [1.54, 1.807) is 0 Å². The quantitative estimate of drug-likeness (QED) is 0.479. The lowest BCUT2D eigenvalue weighted by Crippen LogP contribution is -1.64. The van der Waals surface area contributed by atoms with Crippen molar-refractivity contribution in [2.75, 3.05) is 0 Å². The molecule has 0 unspecified atom stereocenters. The zero-order valence-corrected chi connectivity index (χ0v) is 5.94. The van der Waals surface area contributed by atoms with E-state index in [0.717, 1.165) is 6.42 Å². The molecule has 0 N–H and O–H groups in total. The van der Waals surface area contributed by atoms with E-state index in [9.17, 15) is 0 Å². The molecule has 0 saturated carbocycles. The molecular formula is C8H14. The lowest BCUT2D eigenvalue weighted by molar-refractivity contribution is 1.20. The Bertz CT molecular complexity index is 96.6. The minimum Gasteiger partial charge on any atom is -0.0874 e. The standard InChI is InChI=1S/C8H14/c1-4-6-8(3)7-5-2/h4,6-7H,5H2,1-3H3/b6-4+,8-7+. The van der Waals surface area contributed by atoms with E-state index in [0.29, 0.717) is 0 Å². The van der Waals surface area contributed by atoms with E-state index in [1.165, 1.54) is 5.57 Å². The van der Waals surface area contributed by atoms with Crippen molar-refractivity contribution < 1.29 is 0 Å². The van der Waals surface area contributed by atoms with Crippen LogP contribution in [-0.2, 0) is 0 Å². The number of hydrogen-bond acceptors (Lipinski definition) is 0. The van der Waals surface area contributed by atoms with Gasteiger partial charge in [-0.25, -0.2) is 0 Å². The molecule has 0 aromatic rings. The first-order valence-electron chi connectivity index (χ1n) is 3.10. The fourth-order valence-corrected chi connectivity index (χ4v) is 0.653. The van der Waals surface area contributed by atoms with Crippen LogP contribution in [0.3, 0.4) is 0 Å². The summed E-state index contributed by atoms with van der Waals surface area (Å²) < 4.78 is 0. The SMILES string of the molecule is C/C=C/C(C)=C/CC. The smallest absolute Gasteiger partial charge is 0.0374 e. The molecule has 0 amide bonds. The average Bonchev–Trinajstić information content (AvgIpc) is 1.68. The number of hydrogen-bond donors (Lipinski definition) is 0. The Hall–Kier alpha value is -0.520. The highest BCUT2D eigenvalue weighted by molar-refractivity contribution is 5.14. The van der Waals surface area contributed by atoms with Crippen molar-refractivity contribution in [3.8, 4) is 0 Å². The fourth-order valence-electron chi connectivity index (χ4n) is 0.653. The Balaban J connectivity index is 3.61. The first kappa shape index (κ1) is 7.48. The predicted octanol–water partition coefficient (Wildman–Crippen LogP) is 2.92. The monoisotopic (exact) mass is 110 g/mol. The van der Waals surface area contributed by atoms with Crippen LogP contribution in [0.25, 0.3) is 0 Å². The Morgan fingerprint density at radius 1 is 1.50 bits per heavy atom. The summed E-state index contributed by atoms with van der Waals surface area (Å²) in [4.78, 5) is 0. The molecule has 0 aliphatic carbocycles. The van der Waals surface area contributed by atoms with Gasteiger partial charge in [0, 0.05) is 0 Å². The largest absolute Gasteiger partial charge is 0.0874 e. The van der Waals surface area contributed by atoms with Crippen molar-refractivity contribution in [1.29, 1.82) is 0 Å². The summed E-state index contributed by atoms with van der Waals surface area (Å²) in [5, 5.41) is 0. The van der Waals surface area contributed by atoms with Crippen LogP contribution >= 0.6 is 0 Å². The summed E-state index contributed by atoms with van der Waals surface area (Å²) in [6, 6.07) is 0. The van der Waals surface area contributed by atoms with Crippen molar-refractivity contribution in [1.82, 2.24) is 0 Å². The minimum absolute atomic E-state index is 1.14. The first-order chi connectivity index (χ1) is 3.81. The lowest BCUT2D eigenvalue weighted by atomic mass is 10.2. The van der Waals surface area contributed by atoms with Gasteiger partial charge in [0.1, 0.15) is 0 Å². The molecule has 0 aromatic carbocycles. The maximum Gasteiger partial charge on any atom is -0.0374 e. The molecule has 0 aliphatic rings. The maximum absolute atomic E-state index is 2.21. The van der Waals surface area contributed by atoms with Crippen LogP contribution in [0.15, 0.2) is 23.8 Å². The van der Waals surface area contributed by atoms with Gasteiger partial charge >= 0.3 is 0 Å². The Labute approximate surface area is 51.9 Å². The first-order valence-corrected chi connectivity index (χ1v) is 3.10. The Morgan fingerprint density at radius 2 is 2.12 bits per heavy atom. The van der Waals surface area contributed by atoms with Gasteiger partial charge in [-0.3, -0.25) is 0 Å². The van der Waals surface area contributed by atoms with E-state index in [4.69, 9.17) is 0 Å².